The van der Waals surface area contributed by atoms with Gasteiger partial charge in [0.1, 0.15) is 5.75 Å². The van der Waals surface area contributed by atoms with E-state index in [2.05, 4.69) is 29.8 Å². The molecule has 6 nitrogen and oxygen atoms in total. The zero-order chi connectivity index (χ0) is 22.0. The number of fused-ring (bicyclic) bond motifs is 1. The Morgan fingerprint density at radius 3 is 2.77 bits per heavy atom. The summed E-state index contributed by atoms with van der Waals surface area (Å²) in [5, 5.41) is 9.18. The number of carbonyl (C=O) groups excluding carboxylic acids is 1. The van der Waals surface area contributed by atoms with Gasteiger partial charge in [0.2, 0.25) is 5.91 Å². The molecule has 1 aromatic heterocycles. The Hall–Kier alpha value is -3.06. The number of methoxy groups -OCH3 is 1. The summed E-state index contributed by atoms with van der Waals surface area (Å²) in [7, 11) is 1.64. The standard InChI is InChI=1S/C24H26N4O2S/c1-5-14-27-22(19-11-7-9-13-21(19)30-4)25-26-24(27)31-17(3)23(29)28-16(2)15-18-10-6-8-12-20(18)28/h5-13,16-17H,1,14-15H2,2-4H3/t16-,17+/m1/s1. The van der Waals surface area contributed by atoms with Gasteiger partial charge < -0.3 is 9.64 Å². The molecule has 2 aromatic carbocycles. The molecular formula is C24H26N4O2S. The molecule has 1 aliphatic heterocycles. The molecule has 0 fully saturated rings. The summed E-state index contributed by atoms with van der Waals surface area (Å²) in [4.78, 5) is 15.3. The zero-order valence-electron chi connectivity index (χ0n) is 18.0. The van der Waals surface area contributed by atoms with Crippen LogP contribution in [-0.2, 0) is 17.8 Å². The molecule has 1 amide bonds. The van der Waals surface area contributed by atoms with Gasteiger partial charge in [-0.2, -0.15) is 0 Å². The SMILES string of the molecule is C=CCn1c(S[C@@H](C)C(=O)N2c3ccccc3C[C@H]2C)nnc1-c1ccccc1OC. The third kappa shape index (κ3) is 3.97. The number of allylic oxidation sites excluding steroid dienone is 1. The highest BCUT2D eigenvalue weighted by molar-refractivity contribution is 8.00. The first-order chi connectivity index (χ1) is 15.0. The van der Waals surface area contributed by atoms with Crippen molar-refractivity contribution in [1.29, 1.82) is 0 Å². The first kappa shape index (κ1) is 21.2. The van der Waals surface area contributed by atoms with Crippen LogP contribution in [0.5, 0.6) is 5.75 Å². The highest BCUT2D eigenvalue weighted by Gasteiger charge is 2.34. The Labute approximate surface area is 186 Å². The fraction of sp³-hybridized carbons (Fsp3) is 0.292. The molecule has 0 bridgehead atoms. The third-order valence-electron chi connectivity index (χ3n) is 5.45. The van der Waals surface area contributed by atoms with Crippen LogP contribution in [0.25, 0.3) is 11.4 Å². The van der Waals surface area contributed by atoms with E-state index >= 15 is 0 Å². The predicted molar refractivity (Wildman–Crippen MR) is 125 cm³/mol. The average Bonchev–Trinajstić information content (AvgIpc) is 3.33. The van der Waals surface area contributed by atoms with Gasteiger partial charge in [-0.3, -0.25) is 9.36 Å². The number of ether oxygens (including phenoxy) is 1. The van der Waals surface area contributed by atoms with Gasteiger partial charge in [-0.15, -0.1) is 16.8 Å². The monoisotopic (exact) mass is 434 g/mol. The molecule has 0 saturated heterocycles. The van der Waals surface area contributed by atoms with Crippen LogP contribution in [0, 0.1) is 0 Å². The lowest BCUT2D eigenvalue weighted by Gasteiger charge is -2.25. The molecule has 160 valence electrons. The molecule has 0 spiro atoms. The number of thioether (sulfide) groups is 1. The van der Waals surface area contributed by atoms with Crippen molar-refractivity contribution in [1.82, 2.24) is 14.8 Å². The van der Waals surface area contributed by atoms with Crippen molar-refractivity contribution in [2.24, 2.45) is 0 Å². The van der Waals surface area contributed by atoms with Crippen molar-refractivity contribution >= 4 is 23.4 Å². The normalized spacial score (nSPS) is 16.1. The molecule has 0 saturated carbocycles. The summed E-state index contributed by atoms with van der Waals surface area (Å²) in [6.45, 7) is 8.43. The minimum Gasteiger partial charge on any atom is -0.496 e. The summed E-state index contributed by atoms with van der Waals surface area (Å²) >= 11 is 1.42. The molecule has 0 radical (unpaired) electrons. The van der Waals surface area contributed by atoms with Crippen molar-refractivity contribution in [3.05, 3.63) is 66.7 Å². The molecule has 4 rings (SSSR count). The van der Waals surface area contributed by atoms with Crippen LogP contribution in [0.2, 0.25) is 0 Å². The highest BCUT2D eigenvalue weighted by Crippen LogP contribution is 2.36. The Bertz CT molecular complexity index is 1110. The second-order valence-electron chi connectivity index (χ2n) is 7.56. The Morgan fingerprint density at radius 2 is 2.00 bits per heavy atom. The maximum absolute atomic E-state index is 13.4. The molecule has 3 aromatic rings. The highest BCUT2D eigenvalue weighted by atomic mass is 32.2. The van der Waals surface area contributed by atoms with E-state index in [1.807, 2.05) is 58.9 Å². The minimum absolute atomic E-state index is 0.0782. The Balaban J connectivity index is 1.61. The van der Waals surface area contributed by atoms with Gasteiger partial charge in [0, 0.05) is 18.3 Å². The third-order valence-corrected chi connectivity index (χ3v) is 6.52. The van der Waals surface area contributed by atoms with Crippen LogP contribution in [-0.4, -0.2) is 39.1 Å². The van der Waals surface area contributed by atoms with Gasteiger partial charge in [0.25, 0.3) is 0 Å². The number of hydrogen-bond donors (Lipinski definition) is 0. The zero-order valence-corrected chi connectivity index (χ0v) is 18.8. The second kappa shape index (κ2) is 8.98. The van der Waals surface area contributed by atoms with Crippen molar-refractivity contribution in [3.8, 4) is 17.1 Å². The minimum atomic E-state index is -0.313. The van der Waals surface area contributed by atoms with Crippen LogP contribution >= 0.6 is 11.8 Å². The molecule has 31 heavy (non-hydrogen) atoms. The van der Waals surface area contributed by atoms with Gasteiger partial charge in [-0.1, -0.05) is 48.2 Å². The van der Waals surface area contributed by atoms with Crippen LogP contribution in [0.15, 0.2) is 66.3 Å². The lowest BCUT2D eigenvalue weighted by Crippen LogP contribution is -2.40. The van der Waals surface area contributed by atoms with E-state index in [9.17, 15) is 4.79 Å². The lowest BCUT2D eigenvalue weighted by atomic mass is 10.1. The summed E-state index contributed by atoms with van der Waals surface area (Å²) in [6.07, 6.45) is 2.68. The van der Waals surface area contributed by atoms with Crippen molar-refractivity contribution in [2.75, 3.05) is 12.0 Å². The maximum Gasteiger partial charge on any atom is 0.240 e. The van der Waals surface area contributed by atoms with Crippen LogP contribution in [0.4, 0.5) is 5.69 Å². The number of amides is 1. The number of nitrogens with zero attached hydrogens (tertiary/aromatic N) is 4. The summed E-state index contributed by atoms with van der Waals surface area (Å²) < 4.78 is 7.47. The summed E-state index contributed by atoms with van der Waals surface area (Å²) in [6, 6.07) is 16.0. The smallest absolute Gasteiger partial charge is 0.240 e. The molecule has 2 atom stereocenters. The van der Waals surface area contributed by atoms with E-state index in [0.717, 1.165) is 23.4 Å². The van der Waals surface area contributed by atoms with E-state index in [1.54, 1.807) is 13.2 Å². The van der Waals surface area contributed by atoms with Crippen molar-refractivity contribution in [3.63, 3.8) is 0 Å². The number of aromatic nitrogens is 3. The van der Waals surface area contributed by atoms with E-state index < -0.39 is 0 Å². The Morgan fingerprint density at radius 1 is 1.26 bits per heavy atom. The lowest BCUT2D eigenvalue weighted by molar-refractivity contribution is -0.118. The molecule has 2 heterocycles. The van der Waals surface area contributed by atoms with E-state index in [0.29, 0.717) is 17.5 Å². The average molecular weight is 435 g/mol. The van der Waals surface area contributed by atoms with Crippen LogP contribution in [0.1, 0.15) is 19.4 Å². The van der Waals surface area contributed by atoms with Gasteiger partial charge in [0.15, 0.2) is 11.0 Å². The molecule has 7 heteroatoms. The predicted octanol–water partition coefficient (Wildman–Crippen LogP) is 4.60. The maximum atomic E-state index is 13.4. The van der Waals surface area contributed by atoms with Gasteiger partial charge in [-0.05, 0) is 44.0 Å². The van der Waals surface area contributed by atoms with Crippen LogP contribution < -0.4 is 9.64 Å². The fourth-order valence-electron chi connectivity index (χ4n) is 4.00. The largest absolute Gasteiger partial charge is 0.496 e. The molecule has 1 aliphatic rings. The van der Waals surface area contributed by atoms with Gasteiger partial charge in [0.05, 0.1) is 17.9 Å². The molecule has 0 N–H and O–H groups in total. The molecule has 0 aliphatic carbocycles. The number of hydrogen-bond acceptors (Lipinski definition) is 5. The first-order valence-corrected chi connectivity index (χ1v) is 11.2. The quantitative estimate of drug-likeness (QED) is 0.402. The molecular weight excluding hydrogens is 408 g/mol. The molecule has 0 unspecified atom stereocenters. The summed E-state index contributed by atoms with van der Waals surface area (Å²) in [5.41, 5.74) is 3.08. The second-order valence-corrected chi connectivity index (χ2v) is 8.86. The number of carbonyl (C=O) groups is 1. The first-order valence-electron chi connectivity index (χ1n) is 10.3. The summed E-state index contributed by atoms with van der Waals surface area (Å²) in [5.74, 6) is 1.50. The fourth-order valence-corrected chi connectivity index (χ4v) is 4.91. The van der Waals surface area contributed by atoms with E-state index in [1.165, 1.54) is 17.3 Å². The topological polar surface area (TPSA) is 60.2 Å². The van der Waals surface area contributed by atoms with Gasteiger partial charge in [-0.25, -0.2) is 0 Å². The number of para-hydroxylation sites is 2. The van der Waals surface area contributed by atoms with Crippen molar-refractivity contribution in [2.45, 2.75) is 43.3 Å². The van der Waals surface area contributed by atoms with Crippen LogP contribution in [0.3, 0.4) is 0 Å². The Kier molecular flexibility index (Phi) is 6.13. The van der Waals surface area contributed by atoms with E-state index in [4.69, 9.17) is 4.74 Å². The number of benzene rings is 2. The number of rotatable bonds is 7. The van der Waals surface area contributed by atoms with Crippen molar-refractivity contribution < 1.29 is 9.53 Å². The number of anilines is 1. The van der Waals surface area contributed by atoms with E-state index in [-0.39, 0.29) is 17.2 Å². The van der Waals surface area contributed by atoms with Gasteiger partial charge >= 0.3 is 0 Å².